The standard InChI is InChI=1S/C10H9NO3/c12-5-7-3-4-11-9(6-13)10(7)14-8-1-2-8/h3-6,8H,1-2H2. The summed E-state index contributed by atoms with van der Waals surface area (Å²) < 4.78 is 5.44. The number of nitrogens with zero attached hydrogens (tertiary/aromatic N) is 1. The van der Waals surface area contributed by atoms with E-state index in [-0.39, 0.29) is 11.8 Å². The molecule has 0 N–H and O–H groups in total. The van der Waals surface area contributed by atoms with Crippen LogP contribution in [-0.4, -0.2) is 23.7 Å². The molecule has 1 aromatic heterocycles. The van der Waals surface area contributed by atoms with Crippen LogP contribution in [0.1, 0.15) is 33.7 Å². The number of aromatic nitrogens is 1. The molecule has 0 aromatic carbocycles. The van der Waals surface area contributed by atoms with Gasteiger partial charge in [-0.2, -0.15) is 0 Å². The topological polar surface area (TPSA) is 56.3 Å². The van der Waals surface area contributed by atoms with Gasteiger partial charge in [-0.1, -0.05) is 0 Å². The maximum absolute atomic E-state index is 10.7. The number of aldehydes is 2. The van der Waals surface area contributed by atoms with Gasteiger partial charge < -0.3 is 4.74 Å². The van der Waals surface area contributed by atoms with E-state index in [1.807, 2.05) is 0 Å². The largest absolute Gasteiger partial charge is 0.487 e. The highest BCUT2D eigenvalue weighted by Crippen LogP contribution is 2.29. The first-order chi connectivity index (χ1) is 6.85. The average molecular weight is 191 g/mol. The van der Waals surface area contributed by atoms with E-state index in [2.05, 4.69) is 4.98 Å². The summed E-state index contributed by atoms with van der Waals surface area (Å²) in [6, 6.07) is 1.54. The van der Waals surface area contributed by atoms with Crippen molar-refractivity contribution >= 4 is 12.6 Å². The van der Waals surface area contributed by atoms with E-state index in [4.69, 9.17) is 4.74 Å². The smallest absolute Gasteiger partial charge is 0.172 e. The minimum atomic E-state index is 0.150. The molecule has 14 heavy (non-hydrogen) atoms. The average Bonchev–Trinajstić information content (AvgIpc) is 3.02. The van der Waals surface area contributed by atoms with Crippen LogP contribution >= 0.6 is 0 Å². The van der Waals surface area contributed by atoms with E-state index in [1.54, 1.807) is 0 Å². The van der Waals surface area contributed by atoms with Gasteiger partial charge in [0.2, 0.25) is 0 Å². The fourth-order valence-corrected chi connectivity index (χ4v) is 1.14. The Hall–Kier alpha value is -1.71. The zero-order chi connectivity index (χ0) is 9.97. The number of carbonyl (C=O) groups excluding carboxylic acids is 2. The van der Waals surface area contributed by atoms with E-state index < -0.39 is 0 Å². The van der Waals surface area contributed by atoms with Crippen LogP contribution in [0, 0.1) is 0 Å². The van der Waals surface area contributed by atoms with Crippen molar-refractivity contribution in [3.8, 4) is 5.75 Å². The fourth-order valence-electron chi connectivity index (χ4n) is 1.14. The third-order valence-electron chi connectivity index (χ3n) is 2.01. The number of pyridine rings is 1. The first-order valence-corrected chi connectivity index (χ1v) is 4.41. The molecule has 2 rings (SSSR count). The molecule has 0 aliphatic heterocycles. The van der Waals surface area contributed by atoms with Crippen molar-refractivity contribution in [2.75, 3.05) is 0 Å². The molecule has 1 aliphatic carbocycles. The summed E-state index contributed by atoms with van der Waals surface area (Å²) in [6.07, 6.45) is 4.80. The molecule has 0 amide bonds. The summed E-state index contributed by atoms with van der Waals surface area (Å²) in [6.45, 7) is 0. The molecule has 1 saturated carbocycles. The van der Waals surface area contributed by atoms with Crippen LogP contribution < -0.4 is 4.74 Å². The Morgan fingerprint density at radius 1 is 1.36 bits per heavy atom. The van der Waals surface area contributed by atoms with E-state index in [0.717, 1.165) is 12.8 Å². The van der Waals surface area contributed by atoms with Crippen LogP contribution in [0.25, 0.3) is 0 Å². The first kappa shape index (κ1) is 8.87. The van der Waals surface area contributed by atoms with Gasteiger partial charge in [-0.3, -0.25) is 9.59 Å². The second-order valence-corrected chi connectivity index (χ2v) is 3.17. The van der Waals surface area contributed by atoms with Gasteiger partial charge in [0.05, 0.1) is 11.7 Å². The van der Waals surface area contributed by atoms with Crippen LogP contribution in [0.5, 0.6) is 5.75 Å². The Morgan fingerprint density at radius 3 is 2.71 bits per heavy atom. The lowest BCUT2D eigenvalue weighted by atomic mass is 10.2. The SMILES string of the molecule is O=Cc1ccnc(C=O)c1OC1CC1. The third kappa shape index (κ3) is 1.64. The highest BCUT2D eigenvalue weighted by atomic mass is 16.5. The molecule has 72 valence electrons. The van der Waals surface area contributed by atoms with Crippen molar-refractivity contribution in [2.45, 2.75) is 18.9 Å². The first-order valence-electron chi connectivity index (χ1n) is 4.41. The maximum atomic E-state index is 10.7. The van der Waals surface area contributed by atoms with Crippen LogP contribution in [0.3, 0.4) is 0 Å². The lowest BCUT2D eigenvalue weighted by molar-refractivity contribution is 0.111. The number of hydrogen-bond acceptors (Lipinski definition) is 4. The van der Waals surface area contributed by atoms with E-state index in [1.165, 1.54) is 12.3 Å². The minimum Gasteiger partial charge on any atom is -0.487 e. The number of hydrogen-bond donors (Lipinski definition) is 0. The molecule has 4 heteroatoms. The molecule has 0 bridgehead atoms. The second-order valence-electron chi connectivity index (χ2n) is 3.17. The highest BCUT2D eigenvalue weighted by molar-refractivity contribution is 5.86. The zero-order valence-electron chi connectivity index (χ0n) is 7.47. The van der Waals surface area contributed by atoms with Crippen LogP contribution in [0.2, 0.25) is 0 Å². The van der Waals surface area contributed by atoms with Crippen molar-refractivity contribution < 1.29 is 14.3 Å². The molecule has 1 aromatic rings. The van der Waals surface area contributed by atoms with Gasteiger partial charge >= 0.3 is 0 Å². The second kappa shape index (κ2) is 3.57. The summed E-state index contributed by atoms with van der Waals surface area (Å²) in [5.41, 5.74) is 0.579. The summed E-state index contributed by atoms with van der Waals surface area (Å²) in [7, 11) is 0. The van der Waals surface area contributed by atoms with Gasteiger partial charge in [0, 0.05) is 6.20 Å². The van der Waals surface area contributed by atoms with Crippen molar-refractivity contribution in [3.63, 3.8) is 0 Å². The lowest BCUT2D eigenvalue weighted by Crippen LogP contribution is -2.04. The predicted octanol–water partition coefficient (Wildman–Crippen LogP) is 1.25. The van der Waals surface area contributed by atoms with E-state index in [9.17, 15) is 9.59 Å². The van der Waals surface area contributed by atoms with Gasteiger partial charge in [-0.05, 0) is 18.9 Å². The van der Waals surface area contributed by atoms with E-state index in [0.29, 0.717) is 23.9 Å². The molecule has 1 heterocycles. The van der Waals surface area contributed by atoms with E-state index >= 15 is 0 Å². The molecule has 4 nitrogen and oxygen atoms in total. The van der Waals surface area contributed by atoms with Gasteiger partial charge in [-0.15, -0.1) is 0 Å². The maximum Gasteiger partial charge on any atom is 0.172 e. The summed E-state index contributed by atoms with van der Waals surface area (Å²) >= 11 is 0. The predicted molar refractivity (Wildman–Crippen MR) is 48.7 cm³/mol. The van der Waals surface area contributed by atoms with Crippen LogP contribution in [0.15, 0.2) is 12.3 Å². The Balaban J connectivity index is 2.38. The minimum absolute atomic E-state index is 0.150. The molecule has 1 fully saturated rings. The third-order valence-corrected chi connectivity index (χ3v) is 2.01. The molecule has 0 saturated heterocycles. The van der Waals surface area contributed by atoms with Gasteiger partial charge in [-0.25, -0.2) is 4.98 Å². The summed E-state index contributed by atoms with van der Waals surface area (Å²) in [5, 5.41) is 0. The Labute approximate surface area is 80.9 Å². The molecule has 0 unspecified atom stereocenters. The Kier molecular flexibility index (Phi) is 2.26. The van der Waals surface area contributed by atoms with Crippen LogP contribution in [-0.2, 0) is 0 Å². The monoisotopic (exact) mass is 191 g/mol. The summed E-state index contributed by atoms with van der Waals surface area (Å²) in [4.78, 5) is 25.1. The van der Waals surface area contributed by atoms with Gasteiger partial charge in [0.25, 0.3) is 0 Å². The summed E-state index contributed by atoms with van der Waals surface area (Å²) in [5.74, 6) is 0.319. The molecule has 0 atom stereocenters. The fraction of sp³-hybridized carbons (Fsp3) is 0.300. The van der Waals surface area contributed by atoms with Crippen molar-refractivity contribution in [1.82, 2.24) is 4.98 Å². The number of ether oxygens (including phenoxy) is 1. The molecule has 0 spiro atoms. The Morgan fingerprint density at radius 2 is 2.14 bits per heavy atom. The quantitative estimate of drug-likeness (QED) is 0.672. The zero-order valence-corrected chi connectivity index (χ0v) is 7.47. The van der Waals surface area contributed by atoms with Gasteiger partial charge in [0.15, 0.2) is 18.3 Å². The number of carbonyl (C=O) groups is 2. The number of rotatable bonds is 4. The van der Waals surface area contributed by atoms with Crippen molar-refractivity contribution in [1.29, 1.82) is 0 Å². The normalized spacial score (nSPS) is 14.9. The van der Waals surface area contributed by atoms with Gasteiger partial charge in [0.1, 0.15) is 5.69 Å². The van der Waals surface area contributed by atoms with Crippen LogP contribution in [0.4, 0.5) is 0 Å². The van der Waals surface area contributed by atoms with Crippen molar-refractivity contribution in [3.05, 3.63) is 23.5 Å². The molecular formula is C10H9NO3. The Bertz CT molecular complexity index is 345. The molecular weight excluding hydrogens is 182 g/mol. The highest BCUT2D eigenvalue weighted by Gasteiger charge is 2.26. The van der Waals surface area contributed by atoms with Crippen molar-refractivity contribution in [2.24, 2.45) is 0 Å². The molecule has 1 aliphatic rings. The lowest BCUT2D eigenvalue weighted by Gasteiger charge is -2.07. The molecule has 0 radical (unpaired) electrons.